The van der Waals surface area contributed by atoms with Gasteiger partial charge in [-0.2, -0.15) is 4.98 Å². The van der Waals surface area contributed by atoms with E-state index in [1.165, 1.54) is 18.4 Å². The van der Waals surface area contributed by atoms with Gasteiger partial charge in [0.2, 0.25) is 5.82 Å². The third kappa shape index (κ3) is 3.09. The standard InChI is InChI=1S/C18H13N3O4S/c22-26(23,13-7-2-1-3-8-13)21-15-10-5-4-9-14(15)18-19-17(20-25-18)16-11-6-12-24-16/h1-12,21H. The van der Waals surface area contributed by atoms with Crippen molar-refractivity contribution in [3.8, 4) is 23.0 Å². The summed E-state index contributed by atoms with van der Waals surface area (Å²) in [6.45, 7) is 0. The molecule has 4 aromatic rings. The van der Waals surface area contributed by atoms with Gasteiger partial charge in [0.05, 0.1) is 22.4 Å². The molecule has 2 aromatic carbocycles. The number of sulfonamides is 1. The largest absolute Gasteiger partial charge is 0.461 e. The van der Waals surface area contributed by atoms with Gasteiger partial charge in [-0.25, -0.2) is 8.42 Å². The van der Waals surface area contributed by atoms with Crippen LogP contribution in [0.4, 0.5) is 5.69 Å². The van der Waals surface area contributed by atoms with Crippen molar-refractivity contribution in [3.63, 3.8) is 0 Å². The van der Waals surface area contributed by atoms with E-state index in [0.29, 0.717) is 17.0 Å². The minimum atomic E-state index is -3.74. The zero-order chi connectivity index (χ0) is 18.0. The first kappa shape index (κ1) is 16.1. The first-order valence-corrected chi connectivity index (χ1v) is 9.17. The van der Waals surface area contributed by atoms with E-state index in [4.69, 9.17) is 8.94 Å². The number of aromatic nitrogens is 2. The van der Waals surface area contributed by atoms with Crippen molar-refractivity contribution in [2.24, 2.45) is 0 Å². The van der Waals surface area contributed by atoms with Gasteiger partial charge in [0, 0.05) is 0 Å². The topological polar surface area (TPSA) is 98.2 Å². The van der Waals surface area contributed by atoms with Crippen LogP contribution in [-0.4, -0.2) is 18.6 Å². The van der Waals surface area contributed by atoms with Crippen molar-refractivity contribution >= 4 is 15.7 Å². The van der Waals surface area contributed by atoms with Gasteiger partial charge in [-0.1, -0.05) is 35.5 Å². The first-order valence-electron chi connectivity index (χ1n) is 7.68. The maximum atomic E-state index is 12.6. The lowest BCUT2D eigenvalue weighted by Crippen LogP contribution is -2.13. The maximum Gasteiger partial charge on any atom is 0.261 e. The van der Waals surface area contributed by atoms with Gasteiger partial charge in [0.1, 0.15) is 0 Å². The van der Waals surface area contributed by atoms with E-state index in [9.17, 15) is 8.42 Å². The third-order valence-corrected chi connectivity index (χ3v) is 5.00. The number of para-hydroxylation sites is 1. The molecule has 4 rings (SSSR count). The summed E-state index contributed by atoms with van der Waals surface area (Å²) in [5.74, 6) is 0.927. The fourth-order valence-corrected chi connectivity index (χ4v) is 3.50. The minimum absolute atomic E-state index is 0.164. The molecule has 0 amide bonds. The Bertz CT molecular complexity index is 1120. The summed E-state index contributed by atoms with van der Waals surface area (Å²) in [5.41, 5.74) is 0.809. The second kappa shape index (κ2) is 6.49. The lowest BCUT2D eigenvalue weighted by molar-refractivity contribution is 0.429. The second-order valence-electron chi connectivity index (χ2n) is 5.36. The molecule has 0 bridgehead atoms. The number of rotatable bonds is 5. The monoisotopic (exact) mass is 367 g/mol. The second-order valence-corrected chi connectivity index (χ2v) is 7.05. The smallest absolute Gasteiger partial charge is 0.261 e. The zero-order valence-electron chi connectivity index (χ0n) is 13.4. The predicted molar refractivity (Wildman–Crippen MR) is 94.7 cm³/mol. The molecule has 7 nitrogen and oxygen atoms in total. The van der Waals surface area contributed by atoms with E-state index in [1.54, 1.807) is 54.6 Å². The molecule has 0 aliphatic heterocycles. The van der Waals surface area contributed by atoms with E-state index in [2.05, 4.69) is 14.9 Å². The van der Waals surface area contributed by atoms with Crippen LogP contribution >= 0.6 is 0 Å². The van der Waals surface area contributed by atoms with Crippen LogP contribution in [0, 0.1) is 0 Å². The number of benzene rings is 2. The average molecular weight is 367 g/mol. The fourth-order valence-electron chi connectivity index (χ4n) is 2.40. The Hall–Kier alpha value is -3.39. The molecule has 0 spiro atoms. The number of nitrogens with zero attached hydrogens (tertiary/aromatic N) is 2. The molecule has 0 saturated heterocycles. The number of furan rings is 1. The van der Waals surface area contributed by atoms with E-state index in [1.807, 2.05) is 0 Å². The van der Waals surface area contributed by atoms with E-state index >= 15 is 0 Å². The molecule has 0 unspecified atom stereocenters. The average Bonchev–Trinajstić information content (AvgIpc) is 3.34. The number of hydrogen-bond acceptors (Lipinski definition) is 6. The molecular weight excluding hydrogens is 354 g/mol. The van der Waals surface area contributed by atoms with Gasteiger partial charge in [-0.05, 0) is 36.4 Å². The van der Waals surface area contributed by atoms with E-state index < -0.39 is 10.0 Å². The van der Waals surface area contributed by atoms with Crippen LogP contribution in [0.5, 0.6) is 0 Å². The van der Waals surface area contributed by atoms with Crippen molar-refractivity contribution in [2.45, 2.75) is 4.90 Å². The van der Waals surface area contributed by atoms with Crippen molar-refractivity contribution in [3.05, 3.63) is 73.0 Å². The summed E-state index contributed by atoms with van der Waals surface area (Å²) in [6.07, 6.45) is 1.51. The number of anilines is 1. The molecular formula is C18H13N3O4S. The third-order valence-electron chi connectivity index (χ3n) is 3.62. The highest BCUT2D eigenvalue weighted by atomic mass is 32.2. The van der Waals surface area contributed by atoms with Crippen LogP contribution in [0.15, 0.2) is 86.8 Å². The summed E-state index contributed by atoms with van der Waals surface area (Å²) in [7, 11) is -3.74. The van der Waals surface area contributed by atoms with Crippen LogP contribution < -0.4 is 4.72 Å². The molecule has 8 heteroatoms. The molecule has 0 saturated carbocycles. The highest BCUT2D eigenvalue weighted by Crippen LogP contribution is 2.30. The predicted octanol–water partition coefficient (Wildman–Crippen LogP) is 3.80. The van der Waals surface area contributed by atoms with Crippen molar-refractivity contribution < 1.29 is 17.4 Å². The van der Waals surface area contributed by atoms with Crippen LogP contribution in [-0.2, 0) is 10.0 Å². The SMILES string of the molecule is O=S(=O)(Nc1ccccc1-c1nc(-c2ccco2)no1)c1ccccc1. The van der Waals surface area contributed by atoms with Crippen molar-refractivity contribution in [1.29, 1.82) is 0 Å². The molecule has 0 aliphatic rings. The summed E-state index contributed by atoms with van der Waals surface area (Å²) in [4.78, 5) is 4.44. The van der Waals surface area contributed by atoms with Gasteiger partial charge in [0.25, 0.3) is 15.9 Å². The Balaban J connectivity index is 1.70. The van der Waals surface area contributed by atoms with Crippen LogP contribution in [0.1, 0.15) is 0 Å². The van der Waals surface area contributed by atoms with Crippen LogP contribution in [0.25, 0.3) is 23.0 Å². The minimum Gasteiger partial charge on any atom is -0.461 e. The van der Waals surface area contributed by atoms with Crippen LogP contribution in [0.3, 0.4) is 0 Å². The molecule has 130 valence electrons. The van der Waals surface area contributed by atoms with Crippen molar-refractivity contribution in [1.82, 2.24) is 10.1 Å². The van der Waals surface area contributed by atoms with Crippen molar-refractivity contribution in [2.75, 3.05) is 4.72 Å². The van der Waals surface area contributed by atoms with Crippen LogP contribution in [0.2, 0.25) is 0 Å². The Morgan fingerprint density at radius 2 is 1.65 bits per heavy atom. The summed E-state index contributed by atoms with van der Waals surface area (Å²) >= 11 is 0. The van der Waals surface area contributed by atoms with E-state index in [0.717, 1.165) is 0 Å². The van der Waals surface area contributed by atoms with Gasteiger partial charge in [0.15, 0.2) is 5.76 Å². The quantitative estimate of drug-likeness (QED) is 0.576. The maximum absolute atomic E-state index is 12.6. The Morgan fingerprint density at radius 3 is 2.42 bits per heavy atom. The molecule has 0 aliphatic carbocycles. The summed E-state index contributed by atoms with van der Waals surface area (Å²) < 4.78 is 38.3. The summed E-state index contributed by atoms with van der Waals surface area (Å²) in [5, 5.41) is 3.87. The van der Waals surface area contributed by atoms with Gasteiger partial charge in [-0.3, -0.25) is 4.72 Å². The van der Waals surface area contributed by atoms with E-state index in [-0.39, 0.29) is 16.6 Å². The van der Waals surface area contributed by atoms with Gasteiger partial charge in [-0.15, -0.1) is 0 Å². The Labute approximate surface area is 149 Å². The number of hydrogen-bond donors (Lipinski definition) is 1. The molecule has 2 heterocycles. The molecule has 0 atom stereocenters. The Morgan fingerprint density at radius 1 is 0.885 bits per heavy atom. The normalized spacial score (nSPS) is 11.4. The fraction of sp³-hybridized carbons (Fsp3) is 0. The zero-order valence-corrected chi connectivity index (χ0v) is 14.2. The highest BCUT2D eigenvalue weighted by Gasteiger charge is 2.19. The lowest BCUT2D eigenvalue weighted by Gasteiger charge is -2.10. The summed E-state index contributed by atoms with van der Waals surface area (Å²) in [6, 6.07) is 18.3. The molecule has 2 aromatic heterocycles. The molecule has 26 heavy (non-hydrogen) atoms. The lowest BCUT2D eigenvalue weighted by atomic mass is 10.2. The highest BCUT2D eigenvalue weighted by molar-refractivity contribution is 7.92. The molecule has 0 radical (unpaired) electrons. The molecule has 1 N–H and O–H groups in total. The number of nitrogens with one attached hydrogen (secondary N) is 1. The Kier molecular flexibility index (Phi) is 4.02. The first-order chi connectivity index (χ1) is 12.6. The molecule has 0 fully saturated rings. The van der Waals surface area contributed by atoms with Gasteiger partial charge < -0.3 is 8.94 Å². The van der Waals surface area contributed by atoms with Gasteiger partial charge >= 0.3 is 0 Å².